The summed E-state index contributed by atoms with van der Waals surface area (Å²) in [5.41, 5.74) is 6.92. The van der Waals surface area contributed by atoms with Crippen LogP contribution in [0.4, 0.5) is 11.4 Å². The number of fused-ring (bicyclic) bond motifs is 4. The van der Waals surface area contributed by atoms with Crippen LogP contribution in [0.1, 0.15) is 24.3 Å². The molecule has 4 heterocycles. The number of rotatable bonds is 6. The zero-order chi connectivity index (χ0) is 26.2. The van der Waals surface area contributed by atoms with E-state index in [1.165, 1.54) is 22.6 Å². The molecule has 2 aromatic carbocycles. The van der Waals surface area contributed by atoms with Gasteiger partial charge in [0.05, 0.1) is 12.4 Å². The van der Waals surface area contributed by atoms with Gasteiger partial charge in [0.2, 0.25) is 0 Å². The third kappa shape index (κ3) is 5.34. The van der Waals surface area contributed by atoms with Crippen molar-refractivity contribution in [1.82, 2.24) is 9.80 Å². The van der Waals surface area contributed by atoms with Crippen molar-refractivity contribution in [2.75, 3.05) is 69.3 Å². The van der Waals surface area contributed by atoms with E-state index in [1.807, 2.05) is 6.20 Å². The highest BCUT2D eigenvalue weighted by Crippen LogP contribution is 2.37. The van der Waals surface area contributed by atoms with Gasteiger partial charge in [-0.25, -0.2) is 0 Å². The Balaban J connectivity index is 0.999. The van der Waals surface area contributed by atoms with Crippen LogP contribution in [0.3, 0.4) is 0 Å². The second-order valence-corrected chi connectivity index (χ2v) is 12.5. The number of piperazine rings is 1. The number of halogens is 1. The number of nitrogens with zero attached hydrogens (tertiary/aromatic N) is 4. The molecule has 1 aliphatic carbocycles. The molecule has 7 heteroatoms. The lowest BCUT2D eigenvalue weighted by Gasteiger charge is -2.45. The van der Waals surface area contributed by atoms with Gasteiger partial charge in [0.15, 0.2) is 0 Å². The zero-order valence-electron chi connectivity index (χ0n) is 22.5. The number of para-hydroxylation sites is 1. The molecule has 6 nitrogen and oxygen atoms in total. The lowest BCUT2D eigenvalue weighted by atomic mass is 9.75. The van der Waals surface area contributed by atoms with Gasteiger partial charge in [0, 0.05) is 92.2 Å². The molecule has 0 spiro atoms. The van der Waals surface area contributed by atoms with Crippen molar-refractivity contribution in [2.24, 2.45) is 16.8 Å². The zero-order valence-corrected chi connectivity index (χ0v) is 24.1. The fourth-order valence-electron chi connectivity index (χ4n) is 7.10. The van der Waals surface area contributed by atoms with Crippen molar-refractivity contribution >= 4 is 33.0 Å². The monoisotopic (exact) mass is 587 g/mol. The minimum absolute atomic E-state index is 0.128. The van der Waals surface area contributed by atoms with E-state index in [0.29, 0.717) is 24.5 Å². The average molecular weight is 589 g/mol. The number of ether oxygens (including phenoxy) is 1. The minimum atomic E-state index is 0.128. The second kappa shape index (κ2) is 11.2. The van der Waals surface area contributed by atoms with Crippen LogP contribution in [0.2, 0.25) is 0 Å². The van der Waals surface area contributed by atoms with Crippen LogP contribution in [-0.4, -0.2) is 80.7 Å². The summed E-state index contributed by atoms with van der Waals surface area (Å²) in [7, 11) is 0. The fraction of sp³-hybridized carbons (Fsp3) is 0.469. The number of aliphatic imine (C=N–C) groups is 1. The molecular weight excluding hydrogens is 550 g/mol. The normalized spacial score (nSPS) is 28.7. The van der Waals surface area contributed by atoms with E-state index in [1.54, 1.807) is 5.57 Å². The second-order valence-electron chi connectivity index (χ2n) is 11.6. The molecule has 7 rings (SSSR count). The van der Waals surface area contributed by atoms with Gasteiger partial charge >= 0.3 is 0 Å². The summed E-state index contributed by atoms with van der Waals surface area (Å²) in [5, 5.41) is 3.58. The van der Waals surface area contributed by atoms with Gasteiger partial charge in [-0.15, -0.1) is 0 Å². The quantitative estimate of drug-likeness (QED) is 0.461. The first kappa shape index (κ1) is 25.5. The summed E-state index contributed by atoms with van der Waals surface area (Å²) in [6, 6.07) is 17.5. The molecule has 2 fully saturated rings. The molecule has 2 aromatic rings. The lowest BCUT2D eigenvalue weighted by molar-refractivity contribution is -0.0651. The van der Waals surface area contributed by atoms with Gasteiger partial charge in [0.25, 0.3) is 0 Å². The molecule has 0 aromatic heterocycles. The Morgan fingerprint density at radius 3 is 2.72 bits per heavy atom. The van der Waals surface area contributed by atoms with Crippen LogP contribution in [-0.2, 0) is 4.74 Å². The Hall–Kier alpha value is -2.45. The Labute approximate surface area is 240 Å². The van der Waals surface area contributed by atoms with Crippen molar-refractivity contribution < 1.29 is 4.74 Å². The van der Waals surface area contributed by atoms with Crippen LogP contribution in [0, 0.1) is 11.8 Å². The fourth-order valence-corrected chi connectivity index (χ4v) is 7.36. The van der Waals surface area contributed by atoms with Gasteiger partial charge in [-0.3, -0.25) is 14.8 Å². The summed E-state index contributed by atoms with van der Waals surface area (Å²) in [6.07, 6.45) is 9.15. The molecule has 4 atom stereocenters. The number of allylic oxidation sites excluding steroid dienone is 1. The largest absolute Gasteiger partial charge is 0.384 e. The van der Waals surface area contributed by atoms with Gasteiger partial charge in [-0.1, -0.05) is 51.9 Å². The molecular formula is C32H38BrN5O. The molecule has 0 radical (unpaired) electrons. The Morgan fingerprint density at radius 1 is 1.00 bits per heavy atom. The molecule has 2 saturated heterocycles. The SMILES string of the molecule is Brc1ccc(N2CCN(CC3=CC4CN(CCC5CNc6ccccc65)COC4C4=NC=CCC34)CC2)cc1. The van der Waals surface area contributed by atoms with Gasteiger partial charge in [-0.05, 0) is 48.7 Å². The van der Waals surface area contributed by atoms with Crippen molar-refractivity contribution in [1.29, 1.82) is 0 Å². The van der Waals surface area contributed by atoms with E-state index in [-0.39, 0.29) is 6.10 Å². The smallest absolute Gasteiger partial charge is 0.105 e. The molecule has 1 N–H and O–H groups in total. The van der Waals surface area contributed by atoms with Crippen molar-refractivity contribution in [3.8, 4) is 0 Å². The molecule has 39 heavy (non-hydrogen) atoms. The third-order valence-corrected chi connectivity index (χ3v) is 9.75. The van der Waals surface area contributed by atoms with Gasteiger partial charge < -0.3 is 15.0 Å². The molecule has 4 unspecified atom stereocenters. The summed E-state index contributed by atoms with van der Waals surface area (Å²) in [4.78, 5) is 12.6. The summed E-state index contributed by atoms with van der Waals surface area (Å²) in [6.45, 7) is 9.25. The maximum atomic E-state index is 6.54. The van der Waals surface area contributed by atoms with Crippen LogP contribution < -0.4 is 10.2 Å². The number of anilines is 2. The Bertz CT molecular complexity index is 1270. The highest BCUT2D eigenvalue weighted by atomic mass is 79.9. The molecule has 0 bridgehead atoms. The van der Waals surface area contributed by atoms with E-state index in [2.05, 4.69) is 96.6 Å². The van der Waals surface area contributed by atoms with E-state index in [0.717, 1.165) is 69.7 Å². The molecule has 204 valence electrons. The molecule has 5 aliphatic rings. The molecule has 0 saturated carbocycles. The standard InChI is InChI=1S/C32H38BrN5O/c33-26-7-9-27(10-8-26)38-16-14-36(15-17-38)20-24-18-25-21-37(22-39-32(25)31-29(24)5-3-12-34-31)13-11-23-19-35-30-6-2-1-4-28(23)30/h1-4,6-10,12,18,23,25,29,32,35H,5,11,13-17,19-22H2. The Morgan fingerprint density at radius 2 is 1.85 bits per heavy atom. The minimum Gasteiger partial charge on any atom is -0.384 e. The third-order valence-electron chi connectivity index (χ3n) is 9.22. The molecule has 4 aliphatic heterocycles. The maximum absolute atomic E-state index is 6.54. The highest BCUT2D eigenvalue weighted by Gasteiger charge is 2.41. The van der Waals surface area contributed by atoms with Crippen LogP contribution >= 0.6 is 15.9 Å². The maximum Gasteiger partial charge on any atom is 0.105 e. The number of nitrogens with one attached hydrogen (secondary N) is 1. The first-order chi connectivity index (χ1) is 19.2. The predicted molar refractivity (Wildman–Crippen MR) is 163 cm³/mol. The van der Waals surface area contributed by atoms with Crippen molar-refractivity contribution in [3.05, 3.63) is 82.5 Å². The highest BCUT2D eigenvalue weighted by molar-refractivity contribution is 9.10. The van der Waals surface area contributed by atoms with E-state index >= 15 is 0 Å². The average Bonchev–Trinajstić information content (AvgIpc) is 3.40. The van der Waals surface area contributed by atoms with Gasteiger partial charge in [0.1, 0.15) is 6.10 Å². The number of hydrogen-bond acceptors (Lipinski definition) is 6. The number of hydrogen-bond donors (Lipinski definition) is 1. The van der Waals surface area contributed by atoms with Gasteiger partial charge in [-0.2, -0.15) is 0 Å². The molecule has 0 amide bonds. The first-order valence-corrected chi connectivity index (χ1v) is 15.3. The summed E-state index contributed by atoms with van der Waals surface area (Å²) < 4.78 is 7.67. The van der Waals surface area contributed by atoms with Crippen molar-refractivity contribution in [2.45, 2.75) is 24.9 Å². The number of benzene rings is 2. The first-order valence-electron chi connectivity index (χ1n) is 14.5. The van der Waals surface area contributed by atoms with Crippen LogP contribution in [0.25, 0.3) is 0 Å². The van der Waals surface area contributed by atoms with E-state index < -0.39 is 0 Å². The van der Waals surface area contributed by atoms with E-state index in [4.69, 9.17) is 9.73 Å². The lowest BCUT2D eigenvalue weighted by Crippen LogP contribution is -2.53. The van der Waals surface area contributed by atoms with Crippen LogP contribution in [0.5, 0.6) is 0 Å². The Kier molecular flexibility index (Phi) is 7.33. The topological polar surface area (TPSA) is 43.3 Å². The predicted octanol–water partition coefficient (Wildman–Crippen LogP) is 5.36. The summed E-state index contributed by atoms with van der Waals surface area (Å²) in [5.74, 6) is 1.37. The van der Waals surface area contributed by atoms with Crippen molar-refractivity contribution in [3.63, 3.8) is 0 Å². The summed E-state index contributed by atoms with van der Waals surface area (Å²) >= 11 is 3.56. The van der Waals surface area contributed by atoms with Crippen LogP contribution in [0.15, 0.2) is 81.9 Å². The van der Waals surface area contributed by atoms with E-state index in [9.17, 15) is 0 Å².